The molecule has 2 aliphatic rings. The van der Waals surface area contributed by atoms with Crippen LogP contribution < -0.4 is 14.8 Å². The van der Waals surface area contributed by atoms with Crippen LogP contribution in [0, 0.1) is 6.92 Å². The molecule has 2 aromatic carbocycles. The molecule has 136 valence electrons. The number of carbonyl (C=O) groups excluding carboxylic acids is 1. The first-order valence-electron chi connectivity index (χ1n) is 9.03. The molecule has 0 aliphatic carbocycles. The van der Waals surface area contributed by atoms with Crippen molar-refractivity contribution < 1.29 is 14.3 Å². The molecule has 0 bridgehead atoms. The summed E-state index contributed by atoms with van der Waals surface area (Å²) in [5, 5.41) is 3.14. The average molecular weight is 352 g/mol. The highest BCUT2D eigenvalue weighted by molar-refractivity contribution is 5.73. The summed E-state index contributed by atoms with van der Waals surface area (Å²) in [6.45, 7) is 6.56. The summed E-state index contributed by atoms with van der Waals surface area (Å²) < 4.78 is 10.9. The first-order chi connectivity index (χ1) is 12.6. The molecule has 2 aromatic rings. The number of nitrogens with one attached hydrogen (secondary N) is 1. The number of benzene rings is 2. The van der Waals surface area contributed by atoms with Crippen molar-refractivity contribution in [2.75, 3.05) is 19.9 Å². The van der Waals surface area contributed by atoms with Gasteiger partial charge in [-0.25, -0.2) is 0 Å². The average Bonchev–Trinajstić information content (AvgIpc) is 3.21. The van der Waals surface area contributed by atoms with Gasteiger partial charge in [0, 0.05) is 38.5 Å². The minimum absolute atomic E-state index is 0.0250. The molecule has 0 radical (unpaired) electrons. The zero-order valence-corrected chi connectivity index (χ0v) is 15.2. The molecular formula is C21H24N2O3. The van der Waals surface area contributed by atoms with E-state index in [-0.39, 0.29) is 11.9 Å². The van der Waals surface area contributed by atoms with Crippen LogP contribution in [-0.2, 0) is 11.3 Å². The number of rotatable bonds is 4. The topological polar surface area (TPSA) is 50.8 Å². The van der Waals surface area contributed by atoms with Crippen LogP contribution in [0.4, 0.5) is 0 Å². The van der Waals surface area contributed by atoms with Gasteiger partial charge in [0.25, 0.3) is 0 Å². The number of carbonyl (C=O) groups is 1. The van der Waals surface area contributed by atoms with Crippen LogP contribution in [0.5, 0.6) is 11.5 Å². The lowest BCUT2D eigenvalue weighted by Gasteiger charge is -2.19. The van der Waals surface area contributed by atoms with E-state index in [0.29, 0.717) is 12.7 Å². The molecule has 1 amide bonds. The number of likely N-dealkylation sites (tertiary alicyclic amines) is 1. The lowest BCUT2D eigenvalue weighted by atomic mass is 9.93. The Labute approximate surface area is 153 Å². The van der Waals surface area contributed by atoms with Crippen LogP contribution in [0.1, 0.15) is 29.5 Å². The second-order valence-corrected chi connectivity index (χ2v) is 7.21. The van der Waals surface area contributed by atoms with E-state index in [1.54, 1.807) is 6.92 Å². The normalized spacial score (nSPS) is 21.8. The lowest BCUT2D eigenvalue weighted by Crippen LogP contribution is -2.38. The predicted molar refractivity (Wildman–Crippen MR) is 99.4 cm³/mol. The van der Waals surface area contributed by atoms with Crippen LogP contribution in [0.25, 0.3) is 0 Å². The summed E-state index contributed by atoms with van der Waals surface area (Å²) in [7, 11) is 0. The van der Waals surface area contributed by atoms with Gasteiger partial charge in [0.1, 0.15) is 0 Å². The third kappa shape index (κ3) is 3.53. The highest BCUT2D eigenvalue weighted by atomic mass is 16.7. The Bertz CT molecular complexity index is 803. The van der Waals surface area contributed by atoms with E-state index in [1.807, 2.05) is 6.07 Å². The molecule has 26 heavy (non-hydrogen) atoms. The molecular weight excluding hydrogens is 328 g/mol. The van der Waals surface area contributed by atoms with Crippen molar-refractivity contribution >= 4 is 5.91 Å². The number of aryl methyl sites for hydroxylation is 1. The number of nitrogens with zero attached hydrogens (tertiary/aromatic N) is 1. The third-order valence-electron chi connectivity index (χ3n) is 5.13. The minimum atomic E-state index is 0.0250. The number of hydrogen-bond acceptors (Lipinski definition) is 4. The first kappa shape index (κ1) is 16.9. The molecule has 0 unspecified atom stereocenters. The summed E-state index contributed by atoms with van der Waals surface area (Å²) in [6.07, 6.45) is 0. The Hall–Kier alpha value is -2.53. The molecule has 0 aromatic heterocycles. The van der Waals surface area contributed by atoms with Crippen molar-refractivity contribution in [3.8, 4) is 11.5 Å². The molecule has 2 aliphatic heterocycles. The molecule has 4 rings (SSSR count). The Morgan fingerprint density at radius 1 is 1.12 bits per heavy atom. The van der Waals surface area contributed by atoms with Crippen molar-refractivity contribution in [2.45, 2.75) is 32.4 Å². The molecule has 1 saturated heterocycles. The number of fused-ring (bicyclic) bond motifs is 1. The first-order valence-corrected chi connectivity index (χ1v) is 9.03. The van der Waals surface area contributed by atoms with Gasteiger partial charge < -0.3 is 14.8 Å². The van der Waals surface area contributed by atoms with E-state index < -0.39 is 0 Å². The van der Waals surface area contributed by atoms with Crippen LogP contribution in [0.15, 0.2) is 42.5 Å². The number of amides is 1. The SMILES string of the molecule is CC(=O)N[C@@H]1CN(Cc2ccc3c(c2)OCO3)C[C@H]1c1ccc(C)cc1. The summed E-state index contributed by atoms with van der Waals surface area (Å²) >= 11 is 0. The van der Waals surface area contributed by atoms with Crippen LogP contribution in [0.2, 0.25) is 0 Å². The van der Waals surface area contributed by atoms with Crippen LogP contribution >= 0.6 is 0 Å². The molecule has 0 saturated carbocycles. The van der Waals surface area contributed by atoms with E-state index in [9.17, 15) is 4.79 Å². The quantitative estimate of drug-likeness (QED) is 0.919. The Morgan fingerprint density at radius 2 is 1.88 bits per heavy atom. The van der Waals surface area contributed by atoms with Crippen molar-refractivity contribution in [3.63, 3.8) is 0 Å². The Morgan fingerprint density at radius 3 is 2.65 bits per heavy atom. The van der Waals surface area contributed by atoms with Gasteiger partial charge in [0.15, 0.2) is 11.5 Å². The second-order valence-electron chi connectivity index (χ2n) is 7.21. The number of hydrogen-bond donors (Lipinski definition) is 1. The summed E-state index contributed by atoms with van der Waals surface area (Å²) in [6, 6.07) is 14.9. The van der Waals surface area contributed by atoms with Crippen LogP contribution in [0.3, 0.4) is 0 Å². The molecule has 5 nitrogen and oxygen atoms in total. The zero-order chi connectivity index (χ0) is 18.1. The van der Waals surface area contributed by atoms with Crippen molar-refractivity contribution in [1.29, 1.82) is 0 Å². The van der Waals surface area contributed by atoms with Gasteiger partial charge in [-0.05, 0) is 30.2 Å². The van der Waals surface area contributed by atoms with Gasteiger partial charge in [0.2, 0.25) is 12.7 Å². The fourth-order valence-electron chi connectivity index (χ4n) is 3.87. The fourth-order valence-corrected chi connectivity index (χ4v) is 3.87. The predicted octanol–water partition coefficient (Wildman–Crippen LogP) is 2.83. The zero-order valence-electron chi connectivity index (χ0n) is 15.2. The largest absolute Gasteiger partial charge is 0.454 e. The molecule has 2 atom stereocenters. The summed E-state index contributed by atoms with van der Waals surface area (Å²) in [4.78, 5) is 14.1. The maximum atomic E-state index is 11.7. The summed E-state index contributed by atoms with van der Waals surface area (Å²) in [5.41, 5.74) is 3.72. The van der Waals surface area contributed by atoms with Gasteiger partial charge in [-0.1, -0.05) is 35.9 Å². The summed E-state index contributed by atoms with van der Waals surface area (Å²) in [5.74, 6) is 1.95. The van der Waals surface area contributed by atoms with Gasteiger partial charge in [-0.15, -0.1) is 0 Å². The van der Waals surface area contributed by atoms with Crippen molar-refractivity contribution in [1.82, 2.24) is 10.2 Å². The maximum absolute atomic E-state index is 11.7. The van der Waals surface area contributed by atoms with E-state index in [4.69, 9.17) is 9.47 Å². The molecule has 2 heterocycles. The Kier molecular flexibility index (Phi) is 4.55. The highest BCUT2D eigenvalue weighted by Gasteiger charge is 2.34. The Balaban J connectivity index is 1.51. The molecule has 0 spiro atoms. The molecule has 1 fully saturated rings. The second kappa shape index (κ2) is 7.00. The highest BCUT2D eigenvalue weighted by Crippen LogP contribution is 2.34. The molecule has 5 heteroatoms. The van der Waals surface area contributed by atoms with Gasteiger partial charge in [-0.3, -0.25) is 9.69 Å². The van der Waals surface area contributed by atoms with Crippen LogP contribution in [-0.4, -0.2) is 36.7 Å². The van der Waals surface area contributed by atoms with Crippen molar-refractivity contribution in [3.05, 3.63) is 59.2 Å². The van der Waals surface area contributed by atoms with E-state index in [0.717, 1.165) is 31.1 Å². The van der Waals surface area contributed by atoms with Crippen molar-refractivity contribution in [2.24, 2.45) is 0 Å². The van der Waals surface area contributed by atoms with E-state index >= 15 is 0 Å². The van der Waals surface area contributed by atoms with E-state index in [2.05, 4.69) is 53.5 Å². The fraction of sp³-hybridized carbons (Fsp3) is 0.381. The standard InChI is InChI=1S/C21H24N2O3/c1-14-3-6-17(7-4-14)18-11-23(12-19(18)22-15(2)24)10-16-5-8-20-21(9-16)26-13-25-20/h3-9,18-19H,10-13H2,1-2H3,(H,22,24)/t18-,19+/m0/s1. The minimum Gasteiger partial charge on any atom is -0.454 e. The monoisotopic (exact) mass is 352 g/mol. The van der Waals surface area contributed by atoms with Gasteiger partial charge >= 0.3 is 0 Å². The number of ether oxygens (including phenoxy) is 2. The lowest BCUT2D eigenvalue weighted by molar-refractivity contribution is -0.119. The van der Waals surface area contributed by atoms with E-state index in [1.165, 1.54) is 16.7 Å². The third-order valence-corrected chi connectivity index (χ3v) is 5.13. The van der Waals surface area contributed by atoms with Gasteiger partial charge in [0.05, 0.1) is 0 Å². The maximum Gasteiger partial charge on any atom is 0.231 e. The smallest absolute Gasteiger partial charge is 0.231 e. The van der Waals surface area contributed by atoms with Gasteiger partial charge in [-0.2, -0.15) is 0 Å². The molecule has 1 N–H and O–H groups in total.